The Kier molecular flexibility index (Phi) is 4.93. The molecule has 0 fully saturated rings. The Labute approximate surface area is 151 Å². The lowest BCUT2D eigenvalue weighted by Crippen LogP contribution is -2.27. The second-order valence-electron chi connectivity index (χ2n) is 5.75. The number of imidazole rings is 1. The third-order valence-electron chi connectivity index (χ3n) is 3.82. The van der Waals surface area contributed by atoms with Gasteiger partial charge >= 0.3 is 6.18 Å². The van der Waals surface area contributed by atoms with E-state index < -0.39 is 30.3 Å². The summed E-state index contributed by atoms with van der Waals surface area (Å²) in [5.41, 5.74) is 3.51. The number of carbonyl (C=O) groups is 1. The molecule has 140 valence electrons. The molecule has 0 atom stereocenters. The highest BCUT2D eigenvalue weighted by Crippen LogP contribution is 2.31. The van der Waals surface area contributed by atoms with Gasteiger partial charge in [0.15, 0.2) is 0 Å². The highest BCUT2D eigenvalue weighted by atomic mass is 19.4. The van der Waals surface area contributed by atoms with Gasteiger partial charge in [-0.1, -0.05) is 24.3 Å². The van der Waals surface area contributed by atoms with Crippen LogP contribution >= 0.6 is 0 Å². The molecule has 0 aliphatic heterocycles. The van der Waals surface area contributed by atoms with E-state index in [1.54, 1.807) is 19.1 Å². The molecule has 1 heterocycles. The first kappa shape index (κ1) is 18.6. The number of hydrogen-bond donors (Lipinski definition) is 1. The predicted octanol–water partition coefficient (Wildman–Crippen LogP) is 3.73. The van der Waals surface area contributed by atoms with Crippen LogP contribution in [0.5, 0.6) is 0 Å². The first-order valence-corrected chi connectivity index (χ1v) is 7.87. The summed E-state index contributed by atoms with van der Waals surface area (Å²) in [5.74, 6) is -2.31. The predicted molar refractivity (Wildman–Crippen MR) is 91.5 cm³/mol. The van der Waals surface area contributed by atoms with Crippen LogP contribution < -0.4 is 5.43 Å². The van der Waals surface area contributed by atoms with Crippen molar-refractivity contribution < 1.29 is 22.4 Å². The normalized spacial score (nSPS) is 12.4. The molecule has 27 heavy (non-hydrogen) atoms. The van der Waals surface area contributed by atoms with E-state index in [1.807, 2.05) is 0 Å². The lowest BCUT2D eigenvalue weighted by atomic mass is 10.1. The van der Waals surface area contributed by atoms with Gasteiger partial charge in [0.05, 0.1) is 16.7 Å². The van der Waals surface area contributed by atoms with Crippen molar-refractivity contribution in [2.75, 3.05) is 0 Å². The number of rotatable bonds is 4. The van der Waals surface area contributed by atoms with Crippen LogP contribution in [0.25, 0.3) is 11.0 Å². The summed E-state index contributed by atoms with van der Waals surface area (Å²) in [4.78, 5) is 15.7. The number of nitrogens with one attached hydrogen (secondary N) is 1. The van der Waals surface area contributed by atoms with Crippen molar-refractivity contribution in [2.24, 2.45) is 5.10 Å². The van der Waals surface area contributed by atoms with Crippen molar-refractivity contribution >= 4 is 22.7 Å². The Hall–Kier alpha value is -3.23. The standard InChI is InChI=1S/C18H14F4N4O/c1-11(12-6-8-13(19)9-7-12)24-25-16(27)10-26-15-5-3-2-4-14(15)23-17(26)18(20,21)22/h2-9H,10H2,1H3,(H,25,27)/b24-11-. The third kappa shape index (κ3) is 4.13. The van der Waals surface area contributed by atoms with Gasteiger partial charge in [0.2, 0.25) is 5.82 Å². The first-order valence-electron chi connectivity index (χ1n) is 7.87. The van der Waals surface area contributed by atoms with E-state index in [1.165, 1.54) is 36.4 Å². The van der Waals surface area contributed by atoms with Crippen molar-refractivity contribution in [2.45, 2.75) is 19.6 Å². The lowest BCUT2D eigenvalue weighted by Gasteiger charge is -2.10. The smallest absolute Gasteiger partial charge is 0.311 e. The monoisotopic (exact) mass is 378 g/mol. The third-order valence-corrected chi connectivity index (χ3v) is 3.82. The quantitative estimate of drug-likeness (QED) is 0.427. The summed E-state index contributed by atoms with van der Waals surface area (Å²) < 4.78 is 53.4. The highest BCUT2D eigenvalue weighted by molar-refractivity contribution is 5.99. The molecule has 0 saturated heterocycles. The molecule has 5 nitrogen and oxygen atoms in total. The van der Waals surface area contributed by atoms with Crippen molar-refractivity contribution in [3.05, 3.63) is 65.7 Å². The van der Waals surface area contributed by atoms with Crippen molar-refractivity contribution in [3.8, 4) is 0 Å². The maximum absolute atomic E-state index is 13.2. The molecule has 9 heteroatoms. The largest absolute Gasteiger partial charge is 0.449 e. The molecule has 0 aliphatic rings. The molecule has 3 aromatic rings. The van der Waals surface area contributed by atoms with Gasteiger partial charge in [-0.3, -0.25) is 4.79 Å². The maximum Gasteiger partial charge on any atom is 0.449 e. The lowest BCUT2D eigenvalue weighted by molar-refractivity contribution is -0.147. The maximum atomic E-state index is 13.2. The highest BCUT2D eigenvalue weighted by Gasteiger charge is 2.37. The van der Waals surface area contributed by atoms with Crippen LogP contribution in [0.4, 0.5) is 17.6 Å². The minimum atomic E-state index is -4.70. The number of para-hydroxylation sites is 2. The van der Waals surface area contributed by atoms with E-state index >= 15 is 0 Å². The van der Waals surface area contributed by atoms with Gasteiger partial charge in [-0.2, -0.15) is 18.3 Å². The average Bonchev–Trinajstić information content (AvgIpc) is 2.99. The van der Waals surface area contributed by atoms with Crippen molar-refractivity contribution in [1.82, 2.24) is 15.0 Å². The number of fused-ring (bicyclic) bond motifs is 1. The van der Waals surface area contributed by atoms with Crippen LogP contribution in [0.2, 0.25) is 0 Å². The minimum Gasteiger partial charge on any atom is -0.311 e. The molecule has 1 aromatic heterocycles. The number of benzene rings is 2. The van der Waals surface area contributed by atoms with Crippen molar-refractivity contribution in [3.63, 3.8) is 0 Å². The van der Waals surface area contributed by atoms with E-state index in [9.17, 15) is 22.4 Å². The van der Waals surface area contributed by atoms with Gasteiger partial charge in [-0.05, 0) is 36.8 Å². The molecule has 0 saturated carbocycles. The number of carbonyl (C=O) groups excluding carboxylic acids is 1. The summed E-state index contributed by atoms with van der Waals surface area (Å²) in [5, 5.41) is 3.86. The van der Waals surface area contributed by atoms with Gasteiger partial charge in [0, 0.05) is 0 Å². The molecule has 2 aromatic carbocycles. The zero-order valence-corrected chi connectivity index (χ0v) is 14.1. The van der Waals surface area contributed by atoms with Crippen LogP contribution in [0.3, 0.4) is 0 Å². The molecule has 0 unspecified atom stereocenters. The number of hydrazone groups is 1. The van der Waals surface area contributed by atoms with Gasteiger partial charge < -0.3 is 4.57 Å². The van der Waals surface area contributed by atoms with Crippen LogP contribution in [0, 0.1) is 5.82 Å². The molecular weight excluding hydrogens is 364 g/mol. The van der Waals surface area contributed by atoms with Gasteiger partial charge in [0.25, 0.3) is 5.91 Å². The number of hydrogen-bond acceptors (Lipinski definition) is 3. The molecule has 0 bridgehead atoms. The number of nitrogens with zero attached hydrogens (tertiary/aromatic N) is 3. The first-order chi connectivity index (χ1) is 12.8. The Bertz CT molecular complexity index is 1010. The topological polar surface area (TPSA) is 59.3 Å². The number of aromatic nitrogens is 2. The SMILES string of the molecule is C/C(=N/NC(=O)Cn1c(C(F)(F)F)nc2ccccc21)c1ccc(F)cc1. The molecule has 3 rings (SSSR count). The molecule has 1 N–H and O–H groups in total. The van der Waals surface area contributed by atoms with E-state index in [4.69, 9.17) is 0 Å². The second kappa shape index (κ2) is 7.18. The number of amides is 1. The second-order valence-corrected chi connectivity index (χ2v) is 5.75. The van der Waals surface area contributed by atoms with Gasteiger partial charge in [-0.25, -0.2) is 14.8 Å². The van der Waals surface area contributed by atoms with E-state index in [0.29, 0.717) is 11.3 Å². The van der Waals surface area contributed by atoms with Crippen LogP contribution in [0.15, 0.2) is 53.6 Å². The molecule has 1 amide bonds. The fraction of sp³-hybridized carbons (Fsp3) is 0.167. The van der Waals surface area contributed by atoms with E-state index in [2.05, 4.69) is 15.5 Å². The van der Waals surface area contributed by atoms with E-state index in [-0.39, 0.29) is 11.0 Å². The van der Waals surface area contributed by atoms with Crippen LogP contribution in [0.1, 0.15) is 18.3 Å². The van der Waals surface area contributed by atoms with Gasteiger partial charge in [0.1, 0.15) is 12.4 Å². The summed E-state index contributed by atoms with van der Waals surface area (Å²) in [6, 6.07) is 11.5. The van der Waals surface area contributed by atoms with E-state index in [0.717, 1.165) is 4.57 Å². The van der Waals surface area contributed by atoms with Gasteiger partial charge in [-0.15, -0.1) is 0 Å². The minimum absolute atomic E-state index is 0.142. The molecule has 0 radical (unpaired) electrons. The van der Waals surface area contributed by atoms with Crippen LogP contribution in [-0.2, 0) is 17.5 Å². The van der Waals surface area contributed by atoms with Crippen molar-refractivity contribution in [1.29, 1.82) is 0 Å². The number of halogens is 4. The summed E-state index contributed by atoms with van der Waals surface area (Å²) >= 11 is 0. The fourth-order valence-corrected chi connectivity index (χ4v) is 2.53. The Morgan fingerprint density at radius 2 is 1.81 bits per heavy atom. The molecule has 0 aliphatic carbocycles. The zero-order chi connectivity index (χ0) is 19.6. The summed E-state index contributed by atoms with van der Waals surface area (Å²) in [6.45, 7) is 0.983. The fourth-order valence-electron chi connectivity index (χ4n) is 2.53. The summed E-state index contributed by atoms with van der Waals surface area (Å²) in [6.07, 6.45) is -4.70. The Morgan fingerprint density at radius 1 is 1.15 bits per heavy atom. The Balaban J connectivity index is 1.82. The zero-order valence-electron chi connectivity index (χ0n) is 14.1. The molecule has 0 spiro atoms. The summed E-state index contributed by atoms with van der Waals surface area (Å²) in [7, 11) is 0. The Morgan fingerprint density at radius 3 is 2.48 bits per heavy atom. The molecular formula is C18H14F4N4O. The number of alkyl halides is 3. The average molecular weight is 378 g/mol. The van der Waals surface area contributed by atoms with Crippen LogP contribution in [-0.4, -0.2) is 21.2 Å².